The molecule has 0 aliphatic rings. The van der Waals surface area contributed by atoms with Crippen LogP contribution in [0.3, 0.4) is 0 Å². The third-order valence-electron chi connectivity index (χ3n) is 2.54. The number of nitrogens with zero attached hydrogens (tertiary/aromatic N) is 1. The maximum Gasteiger partial charge on any atom is 0.417 e. The van der Waals surface area contributed by atoms with Crippen molar-refractivity contribution in [3.05, 3.63) is 53.9 Å². The highest BCUT2D eigenvalue weighted by Crippen LogP contribution is 2.37. The smallest absolute Gasteiger partial charge is 0.417 e. The van der Waals surface area contributed by atoms with Crippen LogP contribution in [0.2, 0.25) is 0 Å². The van der Waals surface area contributed by atoms with E-state index in [0.29, 0.717) is 6.07 Å². The lowest BCUT2D eigenvalue weighted by Gasteiger charge is -2.13. The second-order valence-corrected chi connectivity index (χ2v) is 3.80. The molecule has 0 saturated carbocycles. The molecular formula is C13H8F3NO2. The fourth-order valence-corrected chi connectivity index (χ4v) is 1.69. The van der Waals surface area contributed by atoms with Gasteiger partial charge in [-0.3, -0.25) is 4.98 Å². The fourth-order valence-electron chi connectivity index (χ4n) is 1.69. The van der Waals surface area contributed by atoms with Crippen molar-refractivity contribution in [2.45, 2.75) is 6.18 Å². The molecule has 0 amide bonds. The maximum atomic E-state index is 13.0. The van der Waals surface area contributed by atoms with Gasteiger partial charge in [-0.1, -0.05) is 12.1 Å². The van der Waals surface area contributed by atoms with Gasteiger partial charge in [0.25, 0.3) is 0 Å². The van der Waals surface area contributed by atoms with Gasteiger partial charge in [0, 0.05) is 18.0 Å². The van der Waals surface area contributed by atoms with E-state index in [2.05, 4.69) is 4.98 Å². The van der Waals surface area contributed by atoms with Crippen molar-refractivity contribution in [2.75, 3.05) is 0 Å². The molecule has 0 saturated heterocycles. The van der Waals surface area contributed by atoms with Gasteiger partial charge in [0.2, 0.25) is 0 Å². The van der Waals surface area contributed by atoms with Crippen molar-refractivity contribution in [3.63, 3.8) is 0 Å². The predicted octanol–water partition coefficient (Wildman–Crippen LogP) is 3.47. The number of rotatable bonds is 2. The average molecular weight is 267 g/mol. The van der Waals surface area contributed by atoms with Crippen LogP contribution in [0, 0.1) is 0 Å². The van der Waals surface area contributed by atoms with E-state index in [4.69, 9.17) is 5.11 Å². The Kier molecular flexibility index (Phi) is 3.25. The van der Waals surface area contributed by atoms with Gasteiger partial charge in [-0.25, -0.2) is 4.79 Å². The lowest BCUT2D eigenvalue weighted by Crippen LogP contribution is -2.09. The second-order valence-electron chi connectivity index (χ2n) is 3.80. The number of aromatic nitrogens is 1. The molecule has 98 valence electrons. The van der Waals surface area contributed by atoms with Crippen molar-refractivity contribution in [1.82, 2.24) is 4.98 Å². The zero-order valence-corrected chi connectivity index (χ0v) is 9.48. The van der Waals surface area contributed by atoms with Gasteiger partial charge in [0.1, 0.15) is 0 Å². The molecule has 0 spiro atoms. The quantitative estimate of drug-likeness (QED) is 0.906. The summed E-state index contributed by atoms with van der Waals surface area (Å²) in [4.78, 5) is 14.5. The van der Waals surface area contributed by atoms with Crippen LogP contribution in [0.15, 0.2) is 42.7 Å². The first-order valence-corrected chi connectivity index (χ1v) is 5.24. The number of benzene rings is 1. The Bertz CT molecular complexity index is 609. The molecule has 2 aromatic rings. The average Bonchev–Trinajstić information content (AvgIpc) is 2.38. The Morgan fingerprint density at radius 3 is 2.47 bits per heavy atom. The Morgan fingerprint density at radius 2 is 1.95 bits per heavy atom. The monoisotopic (exact) mass is 267 g/mol. The minimum Gasteiger partial charge on any atom is -0.478 e. The summed E-state index contributed by atoms with van der Waals surface area (Å²) in [7, 11) is 0. The molecule has 0 radical (unpaired) electrons. The van der Waals surface area contributed by atoms with Gasteiger partial charge in [-0.2, -0.15) is 13.2 Å². The van der Waals surface area contributed by atoms with E-state index in [0.717, 1.165) is 12.1 Å². The van der Waals surface area contributed by atoms with E-state index in [1.54, 1.807) is 0 Å². The molecule has 19 heavy (non-hydrogen) atoms. The summed E-state index contributed by atoms with van der Waals surface area (Å²) in [6.45, 7) is 0. The summed E-state index contributed by atoms with van der Waals surface area (Å²) in [6, 6.07) is 5.91. The van der Waals surface area contributed by atoms with Crippen LogP contribution < -0.4 is 0 Å². The molecule has 0 unspecified atom stereocenters. The number of halogens is 3. The minimum absolute atomic E-state index is 0.0920. The van der Waals surface area contributed by atoms with Crippen molar-refractivity contribution < 1.29 is 23.1 Å². The molecule has 1 aromatic heterocycles. The summed E-state index contributed by atoms with van der Waals surface area (Å²) in [5, 5.41) is 8.76. The van der Waals surface area contributed by atoms with Gasteiger partial charge in [-0.15, -0.1) is 0 Å². The molecular weight excluding hydrogens is 259 g/mol. The van der Waals surface area contributed by atoms with Crippen LogP contribution in [0.1, 0.15) is 15.9 Å². The van der Waals surface area contributed by atoms with Crippen molar-refractivity contribution in [1.29, 1.82) is 0 Å². The number of carboxylic acids is 1. The van der Waals surface area contributed by atoms with Gasteiger partial charge < -0.3 is 5.11 Å². The Hall–Kier alpha value is -2.37. The lowest BCUT2D eigenvalue weighted by molar-refractivity contribution is -0.137. The molecule has 0 aliphatic carbocycles. The summed E-state index contributed by atoms with van der Waals surface area (Å²) in [5.41, 5.74) is -1.20. The van der Waals surface area contributed by atoms with E-state index in [-0.39, 0.29) is 11.1 Å². The number of aromatic carboxylic acids is 1. The predicted molar refractivity (Wildman–Crippen MR) is 61.6 cm³/mol. The van der Waals surface area contributed by atoms with E-state index in [1.165, 1.54) is 24.5 Å². The van der Waals surface area contributed by atoms with Crippen LogP contribution in [0.5, 0.6) is 0 Å². The number of carboxylic acid groups (broad SMARTS) is 1. The number of hydrogen-bond donors (Lipinski definition) is 1. The van der Waals surface area contributed by atoms with Crippen LogP contribution >= 0.6 is 0 Å². The summed E-state index contributed by atoms with van der Waals surface area (Å²) in [5.74, 6) is -1.40. The van der Waals surface area contributed by atoms with E-state index < -0.39 is 23.3 Å². The minimum atomic E-state index is -4.63. The van der Waals surface area contributed by atoms with E-state index in [9.17, 15) is 18.0 Å². The van der Waals surface area contributed by atoms with Gasteiger partial charge in [0.15, 0.2) is 0 Å². The third-order valence-corrected chi connectivity index (χ3v) is 2.54. The molecule has 0 aliphatic heterocycles. The highest BCUT2D eigenvalue weighted by Gasteiger charge is 2.34. The zero-order chi connectivity index (χ0) is 14.0. The zero-order valence-electron chi connectivity index (χ0n) is 9.48. The third kappa shape index (κ3) is 2.73. The Balaban J connectivity index is 2.65. The van der Waals surface area contributed by atoms with Crippen LogP contribution in [-0.2, 0) is 6.18 Å². The summed E-state index contributed by atoms with van der Waals surface area (Å²) in [6.07, 6.45) is -1.88. The molecule has 2 rings (SSSR count). The van der Waals surface area contributed by atoms with Gasteiger partial charge in [0.05, 0.1) is 11.1 Å². The molecule has 1 N–H and O–H groups in total. The Morgan fingerprint density at radius 1 is 1.21 bits per heavy atom. The number of pyridine rings is 1. The lowest BCUT2D eigenvalue weighted by atomic mass is 9.98. The second kappa shape index (κ2) is 4.72. The van der Waals surface area contributed by atoms with Crippen LogP contribution in [-0.4, -0.2) is 16.1 Å². The topological polar surface area (TPSA) is 50.2 Å². The number of hydrogen-bond acceptors (Lipinski definition) is 2. The molecule has 0 fully saturated rings. The molecule has 0 bridgehead atoms. The first-order chi connectivity index (χ1) is 8.89. The SMILES string of the molecule is O=C(O)c1ccc(-c2cccnc2)c(C(F)(F)F)c1. The first-order valence-electron chi connectivity index (χ1n) is 5.24. The standard InChI is InChI=1S/C13H8F3NO2/c14-13(15,16)11-6-8(12(18)19)3-4-10(11)9-2-1-5-17-7-9/h1-7H,(H,18,19). The number of carbonyl (C=O) groups is 1. The van der Waals surface area contributed by atoms with Crippen LogP contribution in [0.25, 0.3) is 11.1 Å². The van der Waals surface area contributed by atoms with Crippen LogP contribution in [0.4, 0.5) is 13.2 Å². The van der Waals surface area contributed by atoms with E-state index >= 15 is 0 Å². The van der Waals surface area contributed by atoms with E-state index in [1.807, 2.05) is 0 Å². The fraction of sp³-hybridized carbons (Fsp3) is 0.0769. The first kappa shape index (κ1) is 13.1. The highest BCUT2D eigenvalue weighted by molar-refractivity contribution is 5.89. The largest absolute Gasteiger partial charge is 0.478 e. The van der Waals surface area contributed by atoms with Crippen molar-refractivity contribution in [3.8, 4) is 11.1 Å². The van der Waals surface area contributed by atoms with Gasteiger partial charge in [-0.05, 0) is 23.8 Å². The molecule has 1 aromatic carbocycles. The molecule has 1 heterocycles. The van der Waals surface area contributed by atoms with Crippen molar-refractivity contribution >= 4 is 5.97 Å². The summed E-state index contributed by atoms with van der Waals surface area (Å²) >= 11 is 0. The maximum absolute atomic E-state index is 13.0. The summed E-state index contributed by atoms with van der Waals surface area (Å²) < 4.78 is 38.9. The molecule has 0 atom stereocenters. The highest BCUT2D eigenvalue weighted by atomic mass is 19.4. The number of alkyl halides is 3. The van der Waals surface area contributed by atoms with Crippen molar-refractivity contribution in [2.24, 2.45) is 0 Å². The molecule has 6 heteroatoms. The molecule has 3 nitrogen and oxygen atoms in total. The van der Waals surface area contributed by atoms with Gasteiger partial charge >= 0.3 is 12.1 Å². The normalized spacial score (nSPS) is 11.3. The Labute approximate surface area is 106 Å².